The lowest BCUT2D eigenvalue weighted by Crippen LogP contribution is -2.13. The van der Waals surface area contributed by atoms with E-state index in [0.29, 0.717) is 27.4 Å². The highest BCUT2D eigenvalue weighted by Gasteiger charge is 2.19. The fourth-order valence-corrected chi connectivity index (χ4v) is 2.42. The fourth-order valence-electron chi connectivity index (χ4n) is 2.09. The molecule has 0 saturated carbocycles. The van der Waals surface area contributed by atoms with Crippen molar-refractivity contribution in [1.82, 2.24) is 4.98 Å². The Bertz CT molecular complexity index is 860. The third-order valence-corrected chi connectivity index (χ3v) is 3.77. The van der Waals surface area contributed by atoms with Gasteiger partial charge in [0.25, 0.3) is 5.91 Å². The summed E-state index contributed by atoms with van der Waals surface area (Å²) in [6.07, 6.45) is 0. The standard InChI is InChI=1S/C17H12Cl2N2O2/c1-10-15(21-17(23-10)11-5-3-2-4-6-11)16(22)20-14-9-12(18)7-8-13(14)19/h2-9H,1H3,(H,20,22). The van der Waals surface area contributed by atoms with Crippen LogP contribution in [0.1, 0.15) is 16.2 Å². The van der Waals surface area contributed by atoms with Crippen LogP contribution in [0.3, 0.4) is 0 Å². The van der Waals surface area contributed by atoms with Crippen LogP contribution >= 0.6 is 23.2 Å². The van der Waals surface area contributed by atoms with Gasteiger partial charge in [-0.2, -0.15) is 0 Å². The molecule has 3 aromatic rings. The summed E-state index contributed by atoms with van der Waals surface area (Å²) in [5.41, 5.74) is 1.43. The number of nitrogens with zero attached hydrogens (tertiary/aromatic N) is 1. The Balaban J connectivity index is 1.88. The number of nitrogens with one attached hydrogen (secondary N) is 1. The highest BCUT2D eigenvalue weighted by atomic mass is 35.5. The Morgan fingerprint density at radius 1 is 1.13 bits per heavy atom. The van der Waals surface area contributed by atoms with E-state index >= 15 is 0 Å². The maximum absolute atomic E-state index is 12.4. The van der Waals surface area contributed by atoms with E-state index in [2.05, 4.69) is 10.3 Å². The molecule has 3 rings (SSSR count). The average Bonchev–Trinajstić information content (AvgIpc) is 2.94. The number of hydrogen-bond acceptors (Lipinski definition) is 3. The molecule has 1 N–H and O–H groups in total. The Kier molecular flexibility index (Phi) is 4.37. The van der Waals surface area contributed by atoms with Crippen LogP contribution in [0.25, 0.3) is 11.5 Å². The number of benzene rings is 2. The predicted molar refractivity (Wildman–Crippen MR) is 91.1 cm³/mol. The molecule has 0 radical (unpaired) electrons. The van der Waals surface area contributed by atoms with Crippen LogP contribution in [0.2, 0.25) is 10.0 Å². The zero-order valence-corrected chi connectivity index (χ0v) is 13.7. The monoisotopic (exact) mass is 346 g/mol. The summed E-state index contributed by atoms with van der Waals surface area (Å²) in [6, 6.07) is 14.2. The van der Waals surface area contributed by atoms with Crippen molar-refractivity contribution >= 4 is 34.8 Å². The van der Waals surface area contributed by atoms with Gasteiger partial charge in [0.2, 0.25) is 5.89 Å². The van der Waals surface area contributed by atoms with E-state index in [1.54, 1.807) is 25.1 Å². The second kappa shape index (κ2) is 6.44. The number of anilines is 1. The van der Waals surface area contributed by atoms with E-state index in [1.165, 1.54) is 0 Å². The Morgan fingerprint density at radius 2 is 1.87 bits per heavy atom. The molecule has 0 aliphatic rings. The second-order valence-electron chi connectivity index (χ2n) is 4.87. The quantitative estimate of drug-likeness (QED) is 0.708. The third-order valence-electron chi connectivity index (χ3n) is 3.21. The predicted octanol–water partition coefficient (Wildman–Crippen LogP) is 5.21. The van der Waals surface area contributed by atoms with E-state index in [0.717, 1.165) is 5.56 Å². The normalized spacial score (nSPS) is 10.6. The maximum atomic E-state index is 12.4. The lowest BCUT2D eigenvalue weighted by Gasteiger charge is -2.06. The Morgan fingerprint density at radius 3 is 2.61 bits per heavy atom. The summed E-state index contributed by atoms with van der Waals surface area (Å²) in [5.74, 6) is 0.419. The van der Waals surface area contributed by atoms with Gasteiger partial charge in [0, 0.05) is 10.6 Å². The Hall–Kier alpha value is -2.30. The highest BCUT2D eigenvalue weighted by Crippen LogP contribution is 2.27. The van der Waals surface area contributed by atoms with Crippen molar-refractivity contribution < 1.29 is 9.21 Å². The summed E-state index contributed by atoms with van der Waals surface area (Å²) >= 11 is 12.0. The molecule has 0 aliphatic carbocycles. The van der Waals surface area contributed by atoms with Gasteiger partial charge in [-0.3, -0.25) is 4.79 Å². The molecule has 6 heteroatoms. The van der Waals surface area contributed by atoms with Crippen molar-refractivity contribution in [3.05, 3.63) is 70.0 Å². The van der Waals surface area contributed by atoms with Gasteiger partial charge in [-0.15, -0.1) is 0 Å². The van der Waals surface area contributed by atoms with Crippen molar-refractivity contribution in [1.29, 1.82) is 0 Å². The summed E-state index contributed by atoms with van der Waals surface area (Å²) in [7, 11) is 0. The smallest absolute Gasteiger partial charge is 0.277 e. The highest BCUT2D eigenvalue weighted by molar-refractivity contribution is 6.35. The maximum Gasteiger partial charge on any atom is 0.277 e. The zero-order chi connectivity index (χ0) is 16.4. The molecule has 0 atom stereocenters. The van der Waals surface area contributed by atoms with Gasteiger partial charge in [0.05, 0.1) is 10.7 Å². The number of carbonyl (C=O) groups is 1. The minimum absolute atomic E-state index is 0.208. The molecule has 0 unspecified atom stereocenters. The number of oxazole rings is 1. The number of hydrogen-bond donors (Lipinski definition) is 1. The molecule has 0 bridgehead atoms. The molecule has 0 saturated heterocycles. The van der Waals surface area contributed by atoms with Crippen molar-refractivity contribution in [3.63, 3.8) is 0 Å². The third kappa shape index (κ3) is 3.38. The molecule has 0 fully saturated rings. The van der Waals surface area contributed by atoms with Crippen LogP contribution in [-0.4, -0.2) is 10.9 Å². The summed E-state index contributed by atoms with van der Waals surface area (Å²) < 4.78 is 5.58. The summed E-state index contributed by atoms with van der Waals surface area (Å²) in [4.78, 5) is 16.7. The number of rotatable bonds is 3. The summed E-state index contributed by atoms with van der Waals surface area (Å²) in [5, 5.41) is 3.57. The first kappa shape index (κ1) is 15.6. The van der Waals surface area contributed by atoms with Crippen molar-refractivity contribution in [2.45, 2.75) is 6.92 Å². The molecule has 0 aliphatic heterocycles. The molecular formula is C17H12Cl2N2O2. The topological polar surface area (TPSA) is 55.1 Å². The van der Waals surface area contributed by atoms with Crippen LogP contribution in [0.15, 0.2) is 52.9 Å². The average molecular weight is 347 g/mol. The molecule has 1 heterocycles. The van der Waals surface area contributed by atoms with E-state index in [1.807, 2.05) is 30.3 Å². The van der Waals surface area contributed by atoms with Crippen LogP contribution in [-0.2, 0) is 0 Å². The number of amides is 1. The molecule has 4 nitrogen and oxygen atoms in total. The van der Waals surface area contributed by atoms with Gasteiger partial charge >= 0.3 is 0 Å². The Labute approximate surface area is 143 Å². The van der Waals surface area contributed by atoms with Gasteiger partial charge in [-0.1, -0.05) is 41.4 Å². The van der Waals surface area contributed by atoms with Gasteiger partial charge in [0.15, 0.2) is 5.69 Å². The van der Waals surface area contributed by atoms with Gasteiger partial charge in [-0.25, -0.2) is 4.98 Å². The second-order valence-corrected chi connectivity index (χ2v) is 5.71. The van der Waals surface area contributed by atoms with Gasteiger partial charge < -0.3 is 9.73 Å². The first-order valence-corrected chi connectivity index (χ1v) is 7.59. The van der Waals surface area contributed by atoms with Crippen molar-refractivity contribution in [3.8, 4) is 11.5 Å². The summed E-state index contributed by atoms with van der Waals surface area (Å²) in [6.45, 7) is 1.69. The molecule has 2 aromatic carbocycles. The minimum Gasteiger partial charge on any atom is -0.441 e. The zero-order valence-electron chi connectivity index (χ0n) is 12.1. The number of aryl methyl sites for hydroxylation is 1. The van der Waals surface area contributed by atoms with E-state index in [-0.39, 0.29) is 5.69 Å². The molecule has 116 valence electrons. The molecule has 1 aromatic heterocycles. The molecule has 23 heavy (non-hydrogen) atoms. The lowest BCUT2D eigenvalue weighted by atomic mass is 10.2. The molecule has 0 spiro atoms. The van der Waals surface area contributed by atoms with Crippen LogP contribution in [0.4, 0.5) is 5.69 Å². The van der Waals surface area contributed by atoms with Crippen LogP contribution in [0, 0.1) is 6.92 Å². The largest absolute Gasteiger partial charge is 0.441 e. The fraction of sp³-hybridized carbons (Fsp3) is 0.0588. The van der Waals surface area contributed by atoms with E-state index in [9.17, 15) is 4.79 Å². The van der Waals surface area contributed by atoms with Crippen molar-refractivity contribution in [2.75, 3.05) is 5.32 Å². The number of aromatic nitrogens is 1. The molecular weight excluding hydrogens is 335 g/mol. The SMILES string of the molecule is Cc1oc(-c2ccccc2)nc1C(=O)Nc1cc(Cl)ccc1Cl. The first-order chi connectivity index (χ1) is 11.0. The lowest BCUT2D eigenvalue weighted by molar-refractivity contribution is 0.102. The minimum atomic E-state index is -0.405. The molecule has 1 amide bonds. The van der Waals surface area contributed by atoms with E-state index in [4.69, 9.17) is 27.6 Å². The van der Waals surface area contributed by atoms with Gasteiger partial charge in [0.1, 0.15) is 5.76 Å². The van der Waals surface area contributed by atoms with Crippen LogP contribution in [0.5, 0.6) is 0 Å². The van der Waals surface area contributed by atoms with Crippen LogP contribution < -0.4 is 5.32 Å². The van der Waals surface area contributed by atoms with Gasteiger partial charge in [-0.05, 0) is 37.3 Å². The van der Waals surface area contributed by atoms with Crippen molar-refractivity contribution in [2.24, 2.45) is 0 Å². The van der Waals surface area contributed by atoms with E-state index < -0.39 is 5.91 Å². The number of halogens is 2. The number of carbonyl (C=O) groups excluding carboxylic acids is 1. The first-order valence-electron chi connectivity index (χ1n) is 6.84.